The SMILES string of the molecule is O=CCC=Cc1ccc2[nH]c(=O)oc(=O)c2c1. The Morgan fingerprint density at radius 2 is 2.12 bits per heavy atom. The largest absolute Gasteiger partial charge is 0.419 e. The number of aromatic amines is 1. The Kier molecular flexibility index (Phi) is 3.00. The minimum absolute atomic E-state index is 0.304. The molecule has 5 heteroatoms. The predicted molar refractivity (Wildman–Crippen MR) is 62.8 cm³/mol. The van der Waals surface area contributed by atoms with Gasteiger partial charge in [-0.3, -0.25) is 4.98 Å². The van der Waals surface area contributed by atoms with Crippen molar-refractivity contribution in [3.05, 3.63) is 50.8 Å². The lowest BCUT2D eigenvalue weighted by atomic mass is 10.1. The first-order valence-corrected chi connectivity index (χ1v) is 4.98. The number of nitrogens with one attached hydrogen (secondary N) is 1. The molecule has 2 rings (SSSR count). The van der Waals surface area contributed by atoms with Crippen molar-refractivity contribution in [3.63, 3.8) is 0 Å². The normalized spacial score (nSPS) is 11.1. The molecular weight excluding hydrogens is 222 g/mol. The van der Waals surface area contributed by atoms with Gasteiger partial charge in [0.2, 0.25) is 0 Å². The van der Waals surface area contributed by atoms with Gasteiger partial charge < -0.3 is 9.21 Å². The summed E-state index contributed by atoms with van der Waals surface area (Å²) >= 11 is 0. The van der Waals surface area contributed by atoms with Crippen LogP contribution in [0.4, 0.5) is 0 Å². The first-order valence-electron chi connectivity index (χ1n) is 4.98. The van der Waals surface area contributed by atoms with E-state index >= 15 is 0 Å². The van der Waals surface area contributed by atoms with Gasteiger partial charge >= 0.3 is 11.4 Å². The third-order valence-corrected chi connectivity index (χ3v) is 2.23. The predicted octanol–water partition coefficient (Wildman–Crippen LogP) is 1.08. The van der Waals surface area contributed by atoms with E-state index in [1.54, 1.807) is 30.4 Å². The molecule has 0 radical (unpaired) electrons. The minimum atomic E-state index is -0.772. The van der Waals surface area contributed by atoms with Gasteiger partial charge in [0, 0.05) is 6.42 Å². The highest BCUT2D eigenvalue weighted by Gasteiger charge is 2.02. The van der Waals surface area contributed by atoms with E-state index < -0.39 is 11.4 Å². The lowest BCUT2D eigenvalue weighted by molar-refractivity contribution is -0.107. The fourth-order valence-corrected chi connectivity index (χ4v) is 1.48. The summed E-state index contributed by atoms with van der Waals surface area (Å²) in [4.78, 5) is 34.9. The number of allylic oxidation sites excluding steroid dienone is 1. The van der Waals surface area contributed by atoms with Crippen molar-refractivity contribution >= 4 is 23.3 Å². The maximum Gasteiger partial charge on any atom is 0.419 e. The molecule has 0 amide bonds. The van der Waals surface area contributed by atoms with Gasteiger partial charge in [-0.1, -0.05) is 18.2 Å². The van der Waals surface area contributed by atoms with E-state index in [-0.39, 0.29) is 0 Å². The highest BCUT2D eigenvalue weighted by molar-refractivity contribution is 5.79. The van der Waals surface area contributed by atoms with Crippen LogP contribution in [0.1, 0.15) is 12.0 Å². The van der Waals surface area contributed by atoms with Crippen molar-refractivity contribution in [2.24, 2.45) is 0 Å². The Labute approximate surface area is 95.4 Å². The summed E-state index contributed by atoms with van der Waals surface area (Å²) in [5.74, 6) is -0.772. The van der Waals surface area contributed by atoms with Crippen molar-refractivity contribution in [2.45, 2.75) is 6.42 Å². The number of H-pyrrole nitrogens is 1. The quantitative estimate of drug-likeness (QED) is 0.801. The number of aldehydes is 1. The smallest absolute Gasteiger partial charge is 0.372 e. The zero-order valence-corrected chi connectivity index (χ0v) is 8.80. The van der Waals surface area contributed by atoms with Crippen molar-refractivity contribution in [3.8, 4) is 0 Å². The second kappa shape index (κ2) is 4.61. The third kappa shape index (κ3) is 2.39. The van der Waals surface area contributed by atoms with Crippen LogP contribution in [-0.2, 0) is 4.79 Å². The zero-order valence-electron chi connectivity index (χ0n) is 8.80. The molecule has 0 aliphatic rings. The summed E-state index contributed by atoms with van der Waals surface area (Å²) in [7, 11) is 0. The summed E-state index contributed by atoms with van der Waals surface area (Å²) in [6.45, 7) is 0. The fourth-order valence-electron chi connectivity index (χ4n) is 1.48. The van der Waals surface area contributed by atoms with Crippen molar-refractivity contribution in [2.75, 3.05) is 0 Å². The molecule has 1 aromatic carbocycles. The van der Waals surface area contributed by atoms with E-state index in [1.807, 2.05) is 0 Å². The Hall–Kier alpha value is -2.43. The van der Waals surface area contributed by atoms with Gasteiger partial charge in [-0.2, -0.15) is 0 Å². The van der Waals surface area contributed by atoms with Gasteiger partial charge in [-0.25, -0.2) is 9.59 Å². The van der Waals surface area contributed by atoms with E-state index in [0.29, 0.717) is 17.3 Å². The molecule has 1 N–H and O–H groups in total. The highest BCUT2D eigenvalue weighted by Crippen LogP contribution is 2.10. The van der Waals surface area contributed by atoms with Crippen LogP contribution in [0.3, 0.4) is 0 Å². The van der Waals surface area contributed by atoms with E-state index in [0.717, 1.165) is 11.8 Å². The van der Waals surface area contributed by atoms with Gasteiger partial charge in [0.05, 0.1) is 10.9 Å². The second-order valence-corrected chi connectivity index (χ2v) is 3.41. The molecule has 17 heavy (non-hydrogen) atoms. The molecular formula is C12H9NO4. The maximum absolute atomic E-state index is 11.4. The van der Waals surface area contributed by atoms with Gasteiger partial charge in [-0.15, -0.1) is 0 Å². The zero-order chi connectivity index (χ0) is 12.3. The van der Waals surface area contributed by atoms with Crippen LogP contribution in [0.25, 0.3) is 17.0 Å². The van der Waals surface area contributed by atoms with E-state index in [9.17, 15) is 14.4 Å². The fraction of sp³-hybridized carbons (Fsp3) is 0.0833. The molecule has 0 aliphatic heterocycles. The van der Waals surface area contributed by atoms with Crippen molar-refractivity contribution in [1.29, 1.82) is 0 Å². The number of hydrogen-bond donors (Lipinski definition) is 1. The lowest BCUT2D eigenvalue weighted by Crippen LogP contribution is -2.14. The molecule has 1 aromatic heterocycles. The molecule has 0 aliphatic carbocycles. The molecule has 1 heterocycles. The number of carbonyl (C=O) groups excluding carboxylic acids is 1. The van der Waals surface area contributed by atoms with Crippen molar-refractivity contribution in [1.82, 2.24) is 4.98 Å². The number of aromatic nitrogens is 1. The first-order chi connectivity index (χ1) is 8.20. The van der Waals surface area contributed by atoms with Gasteiger partial charge in [0.1, 0.15) is 6.29 Å². The summed E-state index contributed by atoms with van der Waals surface area (Å²) in [6.07, 6.45) is 4.50. The summed E-state index contributed by atoms with van der Waals surface area (Å²) < 4.78 is 4.42. The Morgan fingerprint density at radius 3 is 2.88 bits per heavy atom. The van der Waals surface area contributed by atoms with Crippen LogP contribution >= 0.6 is 0 Å². The van der Waals surface area contributed by atoms with Gasteiger partial charge in [0.15, 0.2) is 0 Å². The van der Waals surface area contributed by atoms with Gasteiger partial charge in [0.25, 0.3) is 0 Å². The van der Waals surface area contributed by atoms with E-state index in [4.69, 9.17) is 0 Å². The molecule has 0 spiro atoms. The third-order valence-electron chi connectivity index (χ3n) is 2.23. The first kappa shape index (κ1) is 11.1. The van der Waals surface area contributed by atoms with Crippen LogP contribution in [0, 0.1) is 0 Å². The molecule has 0 bridgehead atoms. The topological polar surface area (TPSA) is 80.1 Å². The highest BCUT2D eigenvalue weighted by atomic mass is 16.4. The average Bonchev–Trinajstić information content (AvgIpc) is 2.30. The Morgan fingerprint density at radius 1 is 1.29 bits per heavy atom. The standard InChI is InChI=1S/C12H9NO4/c14-6-2-1-3-8-4-5-10-9(7-8)11(15)17-12(16)13-10/h1,3-7H,2H2,(H,13,16). The summed E-state index contributed by atoms with van der Waals surface area (Å²) in [5, 5.41) is 0.304. The molecule has 0 saturated heterocycles. The van der Waals surface area contributed by atoms with Crippen LogP contribution in [0.5, 0.6) is 0 Å². The summed E-state index contributed by atoms with van der Waals surface area (Å²) in [6, 6.07) is 4.95. The van der Waals surface area contributed by atoms with Gasteiger partial charge in [-0.05, 0) is 17.7 Å². The molecule has 0 fully saturated rings. The van der Waals surface area contributed by atoms with Crippen LogP contribution < -0.4 is 11.4 Å². The number of hydrogen-bond acceptors (Lipinski definition) is 4. The molecule has 0 unspecified atom stereocenters. The van der Waals surface area contributed by atoms with Crippen molar-refractivity contribution < 1.29 is 9.21 Å². The van der Waals surface area contributed by atoms with E-state index in [2.05, 4.69) is 9.40 Å². The minimum Gasteiger partial charge on any atom is -0.372 e. The number of rotatable bonds is 3. The second-order valence-electron chi connectivity index (χ2n) is 3.41. The van der Waals surface area contributed by atoms with E-state index in [1.165, 1.54) is 0 Å². The van der Waals surface area contributed by atoms with Crippen LogP contribution in [0.2, 0.25) is 0 Å². The molecule has 0 saturated carbocycles. The van der Waals surface area contributed by atoms with Crippen LogP contribution in [-0.4, -0.2) is 11.3 Å². The lowest BCUT2D eigenvalue weighted by Gasteiger charge is -1.97. The number of fused-ring (bicyclic) bond motifs is 1. The molecule has 86 valence electrons. The average molecular weight is 231 g/mol. The maximum atomic E-state index is 11.4. The molecule has 5 nitrogen and oxygen atoms in total. The molecule has 2 aromatic rings. The number of carbonyl (C=O) groups is 1. The number of benzene rings is 1. The Balaban J connectivity index is 2.54. The summed E-state index contributed by atoms with van der Waals surface area (Å²) in [5.41, 5.74) is 0.520. The Bertz CT molecular complexity index is 693. The molecule has 0 atom stereocenters. The van der Waals surface area contributed by atoms with Crippen LogP contribution in [0.15, 0.2) is 38.3 Å². The monoisotopic (exact) mass is 231 g/mol.